The minimum absolute atomic E-state index is 0.0148. The number of hydrogen-bond donors (Lipinski definition) is 2. The number of aromatic hydroxyl groups is 2. The van der Waals surface area contributed by atoms with E-state index in [1.54, 1.807) is 30.4 Å². The third-order valence-corrected chi connectivity index (χ3v) is 7.80. The largest absolute Gasteiger partial charge is 0.504 e. The van der Waals surface area contributed by atoms with Gasteiger partial charge >= 0.3 is 0 Å². The maximum absolute atomic E-state index is 12.8. The Morgan fingerprint density at radius 1 is 0.767 bits per heavy atom. The lowest BCUT2D eigenvalue weighted by molar-refractivity contribution is -0.121. The van der Waals surface area contributed by atoms with Crippen LogP contribution < -0.4 is 9.47 Å². The molecule has 0 bridgehead atoms. The third kappa shape index (κ3) is 11.6. The van der Waals surface area contributed by atoms with Gasteiger partial charge in [0, 0.05) is 5.56 Å². The first-order valence-electron chi connectivity index (χ1n) is 16.0. The topological polar surface area (TPSA) is 93.1 Å². The van der Waals surface area contributed by atoms with Crippen molar-refractivity contribution in [1.29, 1.82) is 0 Å². The fourth-order valence-electron chi connectivity index (χ4n) is 5.21. The van der Waals surface area contributed by atoms with Gasteiger partial charge in [-0.1, -0.05) is 77.7 Å². The minimum Gasteiger partial charge on any atom is -0.504 e. The van der Waals surface area contributed by atoms with Crippen LogP contribution in [0, 0.1) is 0 Å². The van der Waals surface area contributed by atoms with Gasteiger partial charge in [0.05, 0.1) is 13.5 Å². The van der Waals surface area contributed by atoms with Gasteiger partial charge in [-0.15, -0.1) is 0 Å². The maximum Gasteiger partial charge on any atom is 0.165 e. The summed E-state index contributed by atoms with van der Waals surface area (Å²) in [6.07, 6.45) is 17.8. The Hall–Kier alpha value is -3.54. The van der Waals surface area contributed by atoms with Crippen LogP contribution in [-0.4, -0.2) is 34.5 Å². The van der Waals surface area contributed by atoms with Crippen LogP contribution >= 0.6 is 0 Å². The highest BCUT2D eigenvalue weighted by Crippen LogP contribution is 2.41. The second-order valence-corrected chi connectivity index (χ2v) is 11.4. The normalized spacial score (nSPS) is 11.8. The summed E-state index contributed by atoms with van der Waals surface area (Å²) in [5, 5.41) is 20.8. The van der Waals surface area contributed by atoms with E-state index in [-0.39, 0.29) is 35.1 Å². The molecule has 0 atom stereocenters. The number of phenolic OH excluding ortho intramolecular Hbond substituents is 2. The molecule has 2 rings (SSSR count). The van der Waals surface area contributed by atoms with E-state index in [1.165, 1.54) is 25.3 Å². The van der Waals surface area contributed by atoms with Crippen LogP contribution in [0.25, 0.3) is 12.2 Å². The van der Waals surface area contributed by atoms with Crippen LogP contribution in [0.15, 0.2) is 42.5 Å². The fraction of sp³-hybridized carbons (Fsp3) is 0.514. The van der Waals surface area contributed by atoms with Crippen LogP contribution in [0.3, 0.4) is 0 Å². The summed E-state index contributed by atoms with van der Waals surface area (Å²) in [7, 11) is 1.46. The molecule has 0 amide bonds. The van der Waals surface area contributed by atoms with Gasteiger partial charge in [0.2, 0.25) is 0 Å². The standard InChI is InChI=1S/C37H52O6/c1-6-10-14-32-29(17-20-31(39)27-30(38)19-15-28-16-21-33(40)35(26-28)42-5)18-22-34(41)36(32)43-37(23-11-7-2,24-12-8-3)25-13-9-4/h15-22,26,40-41H,6-14,23-25,27H2,1-5H3/b19-15+,20-17+. The average Bonchev–Trinajstić information content (AvgIpc) is 3.00. The first kappa shape index (κ1) is 35.7. The SMILES string of the molecule is CCCCc1c(/C=C/C(=O)CC(=O)/C=C/c2ccc(O)c(OC)c2)ccc(O)c1OC(CCCC)(CCCC)CCCC. The minimum atomic E-state index is -0.334. The molecule has 0 aliphatic heterocycles. The molecule has 0 saturated carbocycles. The lowest BCUT2D eigenvalue weighted by Crippen LogP contribution is -2.36. The summed E-state index contributed by atoms with van der Waals surface area (Å²) >= 11 is 0. The number of phenols is 2. The van der Waals surface area contributed by atoms with Crippen molar-refractivity contribution >= 4 is 23.7 Å². The smallest absolute Gasteiger partial charge is 0.165 e. The van der Waals surface area contributed by atoms with E-state index >= 15 is 0 Å². The quantitative estimate of drug-likeness (QED) is 0.111. The highest BCUT2D eigenvalue weighted by Gasteiger charge is 2.33. The first-order chi connectivity index (χ1) is 20.7. The molecular weight excluding hydrogens is 540 g/mol. The summed E-state index contributed by atoms with van der Waals surface area (Å²) in [6.45, 7) is 8.72. The van der Waals surface area contributed by atoms with Crippen molar-refractivity contribution in [3.05, 3.63) is 59.2 Å². The lowest BCUT2D eigenvalue weighted by atomic mass is 9.85. The van der Waals surface area contributed by atoms with Gasteiger partial charge in [0.1, 0.15) is 5.60 Å². The van der Waals surface area contributed by atoms with Crippen LogP contribution in [0.2, 0.25) is 0 Å². The molecule has 236 valence electrons. The van der Waals surface area contributed by atoms with E-state index < -0.39 is 0 Å². The number of unbranched alkanes of at least 4 members (excludes halogenated alkanes) is 4. The second-order valence-electron chi connectivity index (χ2n) is 11.4. The molecule has 0 radical (unpaired) electrons. The maximum atomic E-state index is 12.8. The molecule has 2 aromatic carbocycles. The zero-order valence-corrected chi connectivity index (χ0v) is 26.9. The Labute approximate surface area is 258 Å². The Morgan fingerprint density at radius 2 is 1.33 bits per heavy atom. The predicted octanol–water partition coefficient (Wildman–Crippen LogP) is 9.39. The number of hydrogen-bond acceptors (Lipinski definition) is 6. The van der Waals surface area contributed by atoms with Crippen molar-refractivity contribution in [3.63, 3.8) is 0 Å². The third-order valence-electron chi connectivity index (χ3n) is 7.80. The molecule has 0 unspecified atom stereocenters. The van der Waals surface area contributed by atoms with Crippen LogP contribution in [0.4, 0.5) is 0 Å². The lowest BCUT2D eigenvalue weighted by Gasteiger charge is -2.36. The molecular formula is C37H52O6. The van der Waals surface area contributed by atoms with Crippen LogP contribution in [-0.2, 0) is 16.0 Å². The predicted molar refractivity (Wildman–Crippen MR) is 176 cm³/mol. The van der Waals surface area contributed by atoms with Crippen molar-refractivity contribution in [2.75, 3.05) is 7.11 Å². The van der Waals surface area contributed by atoms with Crippen molar-refractivity contribution in [2.45, 2.75) is 117 Å². The number of rotatable bonds is 21. The summed E-state index contributed by atoms with van der Waals surface area (Å²) in [4.78, 5) is 25.3. The Morgan fingerprint density at radius 3 is 1.88 bits per heavy atom. The number of allylic oxidation sites excluding steroid dienone is 2. The van der Waals surface area contributed by atoms with E-state index in [2.05, 4.69) is 27.7 Å². The summed E-state index contributed by atoms with van der Waals surface area (Å²) in [6, 6.07) is 8.24. The summed E-state index contributed by atoms with van der Waals surface area (Å²) < 4.78 is 12.0. The fourth-order valence-corrected chi connectivity index (χ4v) is 5.21. The van der Waals surface area contributed by atoms with Gasteiger partial charge in [0.15, 0.2) is 34.6 Å². The summed E-state index contributed by atoms with van der Waals surface area (Å²) in [5.74, 6) is 0.363. The van der Waals surface area contributed by atoms with E-state index in [0.29, 0.717) is 17.1 Å². The zero-order chi connectivity index (χ0) is 31.7. The van der Waals surface area contributed by atoms with Crippen molar-refractivity contribution in [1.82, 2.24) is 0 Å². The van der Waals surface area contributed by atoms with E-state index in [0.717, 1.165) is 88.2 Å². The van der Waals surface area contributed by atoms with Gasteiger partial charge in [-0.3, -0.25) is 9.59 Å². The Bertz CT molecular complexity index is 1200. The van der Waals surface area contributed by atoms with Gasteiger partial charge in [-0.2, -0.15) is 0 Å². The van der Waals surface area contributed by atoms with E-state index in [4.69, 9.17) is 9.47 Å². The molecule has 0 spiro atoms. The number of carbonyl (C=O) groups excluding carboxylic acids is 2. The monoisotopic (exact) mass is 592 g/mol. The van der Waals surface area contributed by atoms with Gasteiger partial charge < -0.3 is 19.7 Å². The number of methoxy groups -OCH3 is 1. The first-order valence-corrected chi connectivity index (χ1v) is 16.0. The van der Waals surface area contributed by atoms with Crippen molar-refractivity contribution in [3.8, 4) is 23.0 Å². The van der Waals surface area contributed by atoms with Gasteiger partial charge in [-0.05, 0) is 92.8 Å². The van der Waals surface area contributed by atoms with Crippen LogP contribution in [0.5, 0.6) is 23.0 Å². The number of benzene rings is 2. The second kappa shape index (κ2) is 18.9. The number of carbonyl (C=O) groups is 2. The van der Waals surface area contributed by atoms with Crippen molar-refractivity contribution in [2.24, 2.45) is 0 Å². The van der Waals surface area contributed by atoms with E-state index in [1.807, 2.05) is 6.07 Å². The zero-order valence-electron chi connectivity index (χ0n) is 26.9. The molecule has 0 fully saturated rings. The van der Waals surface area contributed by atoms with Crippen molar-refractivity contribution < 1.29 is 29.3 Å². The number of ether oxygens (including phenoxy) is 2. The molecule has 0 heterocycles. The highest BCUT2D eigenvalue weighted by atomic mass is 16.5. The highest BCUT2D eigenvalue weighted by molar-refractivity contribution is 6.11. The molecule has 0 aromatic heterocycles. The molecule has 2 N–H and O–H groups in total. The van der Waals surface area contributed by atoms with Gasteiger partial charge in [0.25, 0.3) is 0 Å². The number of ketones is 2. The van der Waals surface area contributed by atoms with Crippen LogP contribution in [0.1, 0.15) is 121 Å². The Kier molecular flexibility index (Phi) is 15.7. The molecule has 0 aliphatic rings. The molecule has 6 nitrogen and oxygen atoms in total. The molecule has 0 aliphatic carbocycles. The summed E-state index contributed by atoms with van der Waals surface area (Å²) in [5.41, 5.74) is 2.08. The Balaban J connectivity index is 2.32. The molecule has 6 heteroatoms. The molecule has 0 saturated heterocycles. The van der Waals surface area contributed by atoms with Gasteiger partial charge in [-0.25, -0.2) is 0 Å². The van der Waals surface area contributed by atoms with E-state index in [9.17, 15) is 19.8 Å². The average molecular weight is 593 g/mol. The molecule has 2 aromatic rings. The molecule has 43 heavy (non-hydrogen) atoms.